The number of carbonyl (C=O) groups is 1. The summed E-state index contributed by atoms with van der Waals surface area (Å²) < 4.78 is 10.7. The highest BCUT2D eigenvalue weighted by Gasteiger charge is 1.99. The molecule has 1 aromatic rings. The Morgan fingerprint density at radius 1 is 1.24 bits per heavy atom. The fourth-order valence-corrected chi connectivity index (χ4v) is 1.24. The molecule has 0 amide bonds. The van der Waals surface area contributed by atoms with E-state index in [1.54, 1.807) is 12.1 Å². The van der Waals surface area contributed by atoms with Crippen LogP contribution in [0.1, 0.15) is 12.8 Å². The molecule has 0 fully saturated rings. The van der Waals surface area contributed by atoms with Crippen LogP contribution in [0.4, 0.5) is 0 Å². The van der Waals surface area contributed by atoms with E-state index in [0.29, 0.717) is 37.7 Å². The van der Waals surface area contributed by atoms with Gasteiger partial charge in [-0.1, -0.05) is 6.07 Å². The third-order valence-electron chi connectivity index (χ3n) is 2.00. The third-order valence-corrected chi connectivity index (χ3v) is 2.00. The van der Waals surface area contributed by atoms with Crippen molar-refractivity contribution in [3.05, 3.63) is 24.3 Å². The number of ether oxygens (including phenoxy) is 2. The summed E-state index contributed by atoms with van der Waals surface area (Å²) in [6.07, 6.45) is 0.604. The summed E-state index contributed by atoms with van der Waals surface area (Å²) in [7, 11) is 0. The van der Waals surface area contributed by atoms with Gasteiger partial charge in [-0.2, -0.15) is 0 Å². The summed E-state index contributed by atoms with van der Waals surface area (Å²) in [6.45, 7) is 1.30. The zero-order valence-corrected chi connectivity index (χ0v) is 9.59. The maximum Gasteiger partial charge on any atom is 0.303 e. The van der Waals surface area contributed by atoms with Gasteiger partial charge in [0.2, 0.25) is 0 Å². The van der Waals surface area contributed by atoms with Crippen LogP contribution in [0.15, 0.2) is 24.3 Å². The molecule has 0 heterocycles. The van der Waals surface area contributed by atoms with Crippen molar-refractivity contribution in [3.8, 4) is 11.5 Å². The molecule has 0 saturated carbocycles. The molecule has 5 heteroatoms. The Labute approximate surface area is 100 Å². The molecule has 0 atom stereocenters. The molecule has 0 aliphatic heterocycles. The first-order chi connectivity index (χ1) is 8.22. The molecular weight excluding hydrogens is 222 g/mol. The Balaban J connectivity index is 2.34. The van der Waals surface area contributed by atoms with Gasteiger partial charge in [0.1, 0.15) is 18.1 Å². The topological polar surface area (TPSA) is 81.8 Å². The number of carboxylic acids is 1. The first kappa shape index (κ1) is 13.3. The molecule has 0 aromatic heterocycles. The normalized spacial score (nSPS) is 9.94. The Bertz CT molecular complexity index is 354. The summed E-state index contributed by atoms with van der Waals surface area (Å²) in [5.74, 6) is 0.560. The van der Waals surface area contributed by atoms with E-state index >= 15 is 0 Å². The van der Waals surface area contributed by atoms with Crippen LogP contribution in [0.2, 0.25) is 0 Å². The first-order valence-electron chi connectivity index (χ1n) is 5.50. The van der Waals surface area contributed by atoms with Crippen molar-refractivity contribution < 1.29 is 19.4 Å². The summed E-state index contributed by atoms with van der Waals surface area (Å²) >= 11 is 0. The number of hydrogen-bond acceptors (Lipinski definition) is 4. The zero-order chi connectivity index (χ0) is 12.5. The van der Waals surface area contributed by atoms with Crippen molar-refractivity contribution in [1.29, 1.82) is 0 Å². The van der Waals surface area contributed by atoms with Crippen molar-refractivity contribution in [1.82, 2.24) is 0 Å². The van der Waals surface area contributed by atoms with Crippen LogP contribution in [0, 0.1) is 0 Å². The molecule has 94 valence electrons. The average Bonchev–Trinajstić information content (AvgIpc) is 2.32. The van der Waals surface area contributed by atoms with E-state index in [-0.39, 0.29) is 6.42 Å². The van der Waals surface area contributed by atoms with Crippen molar-refractivity contribution in [2.45, 2.75) is 12.8 Å². The van der Waals surface area contributed by atoms with Crippen molar-refractivity contribution in [2.24, 2.45) is 5.73 Å². The Kier molecular flexibility index (Phi) is 5.88. The maximum absolute atomic E-state index is 10.3. The lowest BCUT2D eigenvalue weighted by Crippen LogP contribution is -2.10. The molecule has 17 heavy (non-hydrogen) atoms. The van der Waals surface area contributed by atoms with Crippen LogP contribution in [0.3, 0.4) is 0 Å². The quantitative estimate of drug-likeness (QED) is 0.667. The Morgan fingerprint density at radius 2 is 1.88 bits per heavy atom. The van der Waals surface area contributed by atoms with Crippen LogP contribution in [0.25, 0.3) is 0 Å². The lowest BCUT2D eigenvalue weighted by atomic mass is 10.3. The van der Waals surface area contributed by atoms with Crippen molar-refractivity contribution in [3.63, 3.8) is 0 Å². The molecule has 0 bridgehead atoms. The highest BCUT2D eigenvalue weighted by atomic mass is 16.5. The number of hydrogen-bond donors (Lipinski definition) is 2. The van der Waals surface area contributed by atoms with Crippen molar-refractivity contribution >= 4 is 5.97 Å². The van der Waals surface area contributed by atoms with Crippen LogP contribution < -0.4 is 15.2 Å². The predicted molar refractivity (Wildman–Crippen MR) is 63.4 cm³/mol. The summed E-state index contributed by atoms with van der Waals surface area (Å²) in [4.78, 5) is 10.3. The number of rotatable bonds is 8. The Morgan fingerprint density at radius 3 is 2.47 bits per heavy atom. The smallest absolute Gasteiger partial charge is 0.303 e. The van der Waals surface area contributed by atoms with Gasteiger partial charge < -0.3 is 20.3 Å². The molecule has 0 aliphatic carbocycles. The van der Waals surface area contributed by atoms with Gasteiger partial charge in [-0.3, -0.25) is 4.79 Å². The van der Waals surface area contributed by atoms with E-state index in [1.165, 1.54) is 0 Å². The van der Waals surface area contributed by atoms with E-state index in [1.807, 2.05) is 12.1 Å². The van der Waals surface area contributed by atoms with Gasteiger partial charge in [-0.05, 0) is 18.6 Å². The minimum atomic E-state index is -0.811. The monoisotopic (exact) mass is 239 g/mol. The fraction of sp³-hybridized carbons (Fsp3) is 0.417. The molecule has 0 spiro atoms. The van der Waals surface area contributed by atoms with E-state index < -0.39 is 5.97 Å². The molecular formula is C12H17NO4. The summed E-state index contributed by atoms with van der Waals surface area (Å²) in [6, 6.07) is 7.20. The minimum absolute atomic E-state index is 0.114. The number of carboxylic acid groups (broad SMARTS) is 1. The largest absolute Gasteiger partial charge is 0.493 e. The molecule has 0 unspecified atom stereocenters. The molecule has 1 aromatic carbocycles. The predicted octanol–water partition coefficient (Wildman–Crippen LogP) is 1.27. The average molecular weight is 239 g/mol. The SMILES string of the molecule is NCCOc1cccc(OCCCC(=O)O)c1. The van der Waals surface area contributed by atoms with Gasteiger partial charge in [-0.15, -0.1) is 0 Å². The second-order valence-electron chi connectivity index (χ2n) is 3.46. The van der Waals surface area contributed by atoms with E-state index in [9.17, 15) is 4.79 Å². The zero-order valence-electron chi connectivity index (χ0n) is 9.59. The van der Waals surface area contributed by atoms with Crippen LogP contribution in [0.5, 0.6) is 11.5 Å². The number of nitrogens with two attached hydrogens (primary N) is 1. The standard InChI is InChI=1S/C12H17NO4/c13-6-8-17-11-4-1-3-10(9-11)16-7-2-5-12(14)15/h1,3-4,9H,2,5-8,13H2,(H,14,15). The lowest BCUT2D eigenvalue weighted by molar-refractivity contribution is -0.137. The fourth-order valence-electron chi connectivity index (χ4n) is 1.24. The van der Waals surface area contributed by atoms with Gasteiger partial charge in [0.15, 0.2) is 0 Å². The van der Waals surface area contributed by atoms with Crippen molar-refractivity contribution in [2.75, 3.05) is 19.8 Å². The molecule has 5 nitrogen and oxygen atoms in total. The molecule has 0 aliphatic rings. The van der Waals surface area contributed by atoms with Gasteiger partial charge in [-0.25, -0.2) is 0 Å². The molecule has 0 radical (unpaired) electrons. The van der Waals surface area contributed by atoms with Gasteiger partial charge in [0, 0.05) is 19.0 Å². The van der Waals surface area contributed by atoms with E-state index in [4.69, 9.17) is 20.3 Å². The number of aliphatic carboxylic acids is 1. The number of benzene rings is 1. The van der Waals surface area contributed by atoms with Gasteiger partial charge in [0.05, 0.1) is 6.61 Å². The van der Waals surface area contributed by atoms with E-state index in [2.05, 4.69) is 0 Å². The maximum atomic E-state index is 10.3. The second kappa shape index (κ2) is 7.51. The highest BCUT2D eigenvalue weighted by molar-refractivity contribution is 5.66. The highest BCUT2D eigenvalue weighted by Crippen LogP contribution is 2.19. The summed E-state index contributed by atoms with van der Waals surface area (Å²) in [5, 5.41) is 8.46. The van der Waals surface area contributed by atoms with Gasteiger partial charge in [0.25, 0.3) is 0 Å². The first-order valence-corrected chi connectivity index (χ1v) is 5.50. The Hall–Kier alpha value is -1.75. The van der Waals surface area contributed by atoms with Crippen LogP contribution in [-0.2, 0) is 4.79 Å². The van der Waals surface area contributed by atoms with Crippen LogP contribution >= 0.6 is 0 Å². The molecule has 1 rings (SSSR count). The molecule has 3 N–H and O–H groups in total. The third kappa shape index (κ3) is 5.77. The van der Waals surface area contributed by atoms with Gasteiger partial charge >= 0.3 is 5.97 Å². The summed E-state index contributed by atoms with van der Waals surface area (Å²) in [5.41, 5.74) is 5.33. The minimum Gasteiger partial charge on any atom is -0.493 e. The second-order valence-corrected chi connectivity index (χ2v) is 3.46. The lowest BCUT2D eigenvalue weighted by Gasteiger charge is -2.08. The van der Waals surface area contributed by atoms with E-state index in [0.717, 1.165) is 0 Å². The molecule has 0 saturated heterocycles. The van der Waals surface area contributed by atoms with Crippen LogP contribution in [-0.4, -0.2) is 30.8 Å².